The minimum Gasteiger partial charge on any atom is -0.507 e. The van der Waals surface area contributed by atoms with Gasteiger partial charge < -0.3 is 15.0 Å². The summed E-state index contributed by atoms with van der Waals surface area (Å²) >= 11 is 6.26. The van der Waals surface area contributed by atoms with E-state index >= 15 is 0 Å². The summed E-state index contributed by atoms with van der Waals surface area (Å²) in [4.78, 5) is 18.4. The lowest BCUT2D eigenvalue weighted by molar-refractivity contribution is 0.0984. The summed E-state index contributed by atoms with van der Waals surface area (Å²) in [5, 5.41) is 12.8. The zero-order valence-corrected chi connectivity index (χ0v) is 18.9. The molecule has 0 bridgehead atoms. The van der Waals surface area contributed by atoms with Gasteiger partial charge in [0, 0.05) is 40.7 Å². The van der Waals surface area contributed by atoms with Crippen molar-refractivity contribution in [3.63, 3.8) is 0 Å². The highest BCUT2D eigenvalue weighted by Crippen LogP contribution is 2.45. The number of anilines is 1. The smallest absolute Gasteiger partial charge is 0.274 e. The Morgan fingerprint density at radius 2 is 1.91 bits per heavy atom. The molecule has 6 nitrogen and oxygen atoms in total. The van der Waals surface area contributed by atoms with Crippen molar-refractivity contribution in [3.05, 3.63) is 65.9 Å². The lowest BCUT2D eigenvalue weighted by atomic mass is 9.95. The van der Waals surface area contributed by atoms with E-state index in [9.17, 15) is 18.3 Å². The summed E-state index contributed by atoms with van der Waals surface area (Å²) in [5.74, 6) is 0.141. The quantitative estimate of drug-likeness (QED) is 0.421. The van der Waals surface area contributed by atoms with Crippen LogP contribution < -0.4 is 4.90 Å². The number of nitrogens with zero attached hydrogens (tertiary/aromatic N) is 1. The summed E-state index contributed by atoms with van der Waals surface area (Å²) < 4.78 is 24.4. The number of H-pyrrole nitrogens is 1. The molecule has 0 radical (unpaired) electrons. The van der Waals surface area contributed by atoms with Crippen LogP contribution in [0.3, 0.4) is 0 Å². The molecule has 5 rings (SSSR count). The molecule has 0 aliphatic carbocycles. The van der Waals surface area contributed by atoms with E-state index in [0.29, 0.717) is 34.7 Å². The number of benzene rings is 3. The first kappa shape index (κ1) is 20.8. The second-order valence-corrected chi connectivity index (χ2v) is 10.6. The summed E-state index contributed by atoms with van der Waals surface area (Å²) in [5.41, 5.74) is 2.62. The van der Waals surface area contributed by atoms with Crippen molar-refractivity contribution in [1.82, 2.24) is 4.98 Å². The highest BCUT2D eigenvalue weighted by molar-refractivity contribution is 7.91. The molecule has 0 fully saturated rings. The number of aromatic amines is 1. The van der Waals surface area contributed by atoms with Crippen molar-refractivity contribution >= 4 is 54.7 Å². The van der Waals surface area contributed by atoms with Crippen LogP contribution in [0.5, 0.6) is 5.75 Å². The summed E-state index contributed by atoms with van der Waals surface area (Å²) in [7, 11) is -3.34. The molecule has 164 valence electrons. The molecule has 4 aromatic rings. The molecule has 32 heavy (non-hydrogen) atoms. The standard InChI is InChI=1S/C24H21ClN2O4S/c1-2-32(30,31)16-7-8-19-14(9-16)10-20(26-19)24(29)27-13-15(12-25)23-18-6-4-3-5-17(18)22(28)11-21(23)27/h3-11,15,26,28H,2,12-13H2,1H3. The van der Waals surface area contributed by atoms with Gasteiger partial charge >= 0.3 is 0 Å². The Balaban J connectivity index is 1.60. The van der Waals surface area contributed by atoms with Gasteiger partial charge in [0.15, 0.2) is 9.84 Å². The minimum atomic E-state index is -3.34. The van der Waals surface area contributed by atoms with E-state index in [1.165, 1.54) is 0 Å². The van der Waals surface area contributed by atoms with Crippen LogP contribution in [0.1, 0.15) is 28.9 Å². The van der Waals surface area contributed by atoms with Crippen LogP contribution in [0.25, 0.3) is 21.7 Å². The molecule has 1 aliphatic rings. The first-order valence-corrected chi connectivity index (χ1v) is 12.5. The van der Waals surface area contributed by atoms with Crippen LogP contribution in [-0.4, -0.2) is 42.6 Å². The number of alkyl halides is 1. The lowest BCUT2D eigenvalue weighted by Crippen LogP contribution is -2.30. The van der Waals surface area contributed by atoms with E-state index in [1.807, 2.05) is 24.3 Å². The normalized spacial score (nSPS) is 16.1. The van der Waals surface area contributed by atoms with Gasteiger partial charge in [-0.25, -0.2) is 8.42 Å². The maximum Gasteiger partial charge on any atom is 0.274 e. The number of carbonyl (C=O) groups excluding carboxylic acids is 1. The lowest BCUT2D eigenvalue weighted by Gasteiger charge is -2.17. The number of phenols is 1. The summed E-state index contributed by atoms with van der Waals surface area (Å²) in [6, 6.07) is 15.6. The van der Waals surface area contributed by atoms with Gasteiger partial charge in [0.25, 0.3) is 5.91 Å². The molecule has 1 aliphatic heterocycles. The van der Waals surface area contributed by atoms with Gasteiger partial charge in [0.05, 0.1) is 16.3 Å². The Kier molecular flexibility index (Phi) is 4.91. The van der Waals surface area contributed by atoms with E-state index in [4.69, 9.17) is 11.6 Å². The number of halogens is 1. The Hall–Kier alpha value is -3.03. The topological polar surface area (TPSA) is 90.5 Å². The molecular formula is C24H21ClN2O4S. The number of phenolic OH excluding ortho intramolecular Hbond substituents is 1. The molecule has 1 aromatic heterocycles. The number of rotatable bonds is 4. The fraction of sp³-hybridized carbons (Fsp3) is 0.208. The number of sulfone groups is 1. The van der Waals surface area contributed by atoms with Gasteiger partial charge in [-0.2, -0.15) is 0 Å². The van der Waals surface area contributed by atoms with Crippen LogP contribution in [0.2, 0.25) is 0 Å². The fourth-order valence-corrected chi connectivity index (χ4v) is 5.64. The molecular weight excluding hydrogens is 448 g/mol. The Morgan fingerprint density at radius 3 is 2.62 bits per heavy atom. The van der Waals surface area contributed by atoms with Crippen LogP contribution in [0.15, 0.2) is 59.5 Å². The molecule has 0 spiro atoms. The number of aromatic hydroxyl groups is 1. The van der Waals surface area contributed by atoms with Crippen LogP contribution in [0, 0.1) is 0 Å². The number of amides is 1. The van der Waals surface area contributed by atoms with E-state index < -0.39 is 9.84 Å². The van der Waals surface area contributed by atoms with Crippen molar-refractivity contribution in [3.8, 4) is 5.75 Å². The molecule has 2 N–H and O–H groups in total. The highest BCUT2D eigenvalue weighted by Gasteiger charge is 2.35. The molecule has 3 aromatic carbocycles. The third kappa shape index (κ3) is 3.15. The Morgan fingerprint density at radius 1 is 1.16 bits per heavy atom. The monoisotopic (exact) mass is 468 g/mol. The molecule has 0 saturated carbocycles. The predicted octanol–water partition coefficient (Wildman–Crippen LogP) is 4.80. The zero-order valence-electron chi connectivity index (χ0n) is 17.3. The van der Waals surface area contributed by atoms with Gasteiger partial charge in [-0.05, 0) is 35.2 Å². The molecule has 1 atom stereocenters. The molecule has 8 heteroatoms. The number of aromatic nitrogens is 1. The second-order valence-electron chi connectivity index (χ2n) is 7.98. The summed E-state index contributed by atoms with van der Waals surface area (Å²) in [6.45, 7) is 2.00. The van der Waals surface area contributed by atoms with E-state index in [-0.39, 0.29) is 28.2 Å². The van der Waals surface area contributed by atoms with Gasteiger partial charge in [0.2, 0.25) is 0 Å². The van der Waals surface area contributed by atoms with E-state index in [1.54, 1.807) is 42.2 Å². The fourth-order valence-electron chi connectivity index (χ4n) is 4.48. The number of nitrogens with one attached hydrogen (secondary N) is 1. The molecule has 0 saturated heterocycles. The van der Waals surface area contributed by atoms with Crippen molar-refractivity contribution < 1.29 is 18.3 Å². The van der Waals surface area contributed by atoms with Gasteiger partial charge in [0.1, 0.15) is 11.4 Å². The number of hydrogen-bond donors (Lipinski definition) is 2. The van der Waals surface area contributed by atoms with Crippen LogP contribution in [0.4, 0.5) is 5.69 Å². The van der Waals surface area contributed by atoms with Gasteiger partial charge in [-0.15, -0.1) is 11.6 Å². The number of fused-ring (bicyclic) bond motifs is 4. The van der Waals surface area contributed by atoms with Crippen molar-refractivity contribution in [2.75, 3.05) is 23.1 Å². The molecule has 1 unspecified atom stereocenters. The molecule has 1 amide bonds. The largest absolute Gasteiger partial charge is 0.507 e. The van der Waals surface area contributed by atoms with E-state index in [0.717, 1.165) is 16.3 Å². The number of carbonyl (C=O) groups is 1. The zero-order chi connectivity index (χ0) is 22.6. The SMILES string of the molecule is CCS(=O)(=O)c1ccc2[nH]c(C(=O)N3CC(CCl)c4c3cc(O)c3ccccc43)cc2c1. The summed E-state index contributed by atoms with van der Waals surface area (Å²) in [6.07, 6.45) is 0. The maximum atomic E-state index is 13.5. The first-order chi connectivity index (χ1) is 15.3. The van der Waals surface area contributed by atoms with Crippen LogP contribution in [-0.2, 0) is 9.84 Å². The third-order valence-electron chi connectivity index (χ3n) is 6.14. The third-order valence-corrected chi connectivity index (χ3v) is 8.24. The average molecular weight is 469 g/mol. The van der Waals surface area contributed by atoms with Crippen molar-refractivity contribution in [1.29, 1.82) is 0 Å². The second kappa shape index (κ2) is 7.53. The average Bonchev–Trinajstić information content (AvgIpc) is 3.39. The van der Waals surface area contributed by atoms with Gasteiger partial charge in [-0.1, -0.05) is 31.2 Å². The maximum absolute atomic E-state index is 13.5. The van der Waals surface area contributed by atoms with Crippen molar-refractivity contribution in [2.45, 2.75) is 17.7 Å². The Bertz CT molecular complexity index is 1490. The Labute approximate surface area is 190 Å². The highest BCUT2D eigenvalue weighted by atomic mass is 35.5. The molecule has 2 heterocycles. The van der Waals surface area contributed by atoms with Gasteiger partial charge in [-0.3, -0.25) is 4.79 Å². The predicted molar refractivity (Wildman–Crippen MR) is 127 cm³/mol. The van der Waals surface area contributed by atoms with Crippen LogP contribution >= 0.6 is 11.6 Å². The number of hydrogen-bond acceptors (Lipinski definition) is 4. The first-order valence-electron chi connectivity index (χ1n) is 10.3. The van der Waals surface area contributed by atoms with Crippen molar-refractivity contribution in [2.24, 2.45) is 0 Å². The van der Waals surface area contributed by atoms with E-state index in [2.05, 4.69) is 4.98 Å². The minimum absolute atomic E-state index is 0.0105.